The zero-order valence-corrected chi connectivity index (χ0v) is 14.1. The first kappa shape index (κ1) is 16.9. The third-order valence-electron chi connectivity index (χ3n) is 4.76. The van der Waals surface area contributed by atoms with Crippen LogP contribution in [-0.2, 0) is 4.79 Å². The fourth-order valence-corrected chi connectivity index (χ4v) is 3.17. The molecule has 1 aliphatic rings. The van der Waals surface area contributed by atoms with Crippen molar-refractivity contribution in [1.82, 2.24) is 5.32 Å². The number of rotatable bonds is 5. The maximum Gasteiger partial charge on any atom is 0.326 e. The number of nitrogens with one attached hydrogen (secondary N) is 1. The number of aliphatic carboxylic acids is 1. The fraction of sp³-hybridized carbons (Fsp3) is 0.250. The van der Waals surface area contributed by atoms with E-state index in [4.69, 9.17) is 0 Å². The van der Waals surface area contributed by atoms with E-state index < -0.39 is 17.9 Å². The lowest BCUT2D eigenvalue weighted by Crippen LogP contribution is -2.45. The summed E-state index contributed by atoms with van der Waals surface area (Å²) in [6.07, 6.45) is 0.630. The molecule has 0 heterocycles. The van der Waals surface area contributed by atoms with Gasteiger partial charge in [-0.2, -0.15) is 0 Å². The van der Waals surface area contributed by atoms with Gasteiger partial charge in [0.25, 0.3) is 5.91 Å². The van der Waals surface area contributed by atoms with Crippen LogP contribution < -0.4 is 5.32 Å². The predicted octanol–water partition coefficient (Wildman–Crippen LogP) is 3.13. The van der Waals surface area contributed by atoms with Gasteiger partial charge in [0.1, 0.15) is 6.04 Å². The van der Waals surface area contributed by atoms with E-state index in [1.165, 1.54) is 0 Å². The average molecular weight is 337 g/mol. The van der Waals surface area contributed by atoms with Gasteiger partial charge in [-0.3, -0.25) is 9.59 Å². The van der Waals surface area contributed by atoms with Gasteiger partial charge in [0.15, 0.2) is 5.78 Å². The van der Waals surface area contributed by atoms with Crippen LogP contribution in [0.3, 0.4) is 0 Å². The zero-order chi connectivity index (χ0) is 18.1. The molecular formula is C20H19NO4. The molecule has 5 nitrogen and oxygen atoms in total. The second kappa shape index (κ2) is 6.51. The van der Waals surface area contributed by atoms with Crippen LogP contribution in [0, 0.1) is 5.92 Å². The number of ketones is 1. The van der Waals surface area contributed by atoms with Gasteiger partial charge >= 0.3 is 5.97 Å². The van der Waals surface area contributed by atoms with Gasteiger partial charge in [-0.1, -0.05) is 56.7 Å². The third kappa shape index (κ3) is 2.82. The number of amides is 1. The van der Waals surface area contributed by atoms with Crippen LogP contribution >= 0.6 is 0 Å². The molecule has 2 aromatic rings. The zero-order valence-electron chi connectivity index (χ0n) is 14.1. The van der Waals surface area contributed by atoms with Crippen LogP contribution in [0.25, 0.3) is 11.1 Å². The van der Waals surface area contributed by atoms with Crippen molar-refractivity contribution in [2.45, 2.75) is 26.3 Å². The normalized spacial score (nSPS) is 14.4. The molecule has 0 saturated carbocycles. The highest BCUT2D eigenvalue weighted by atomic mass is 16.4. The molecule has 2 N–H and O–H groups in total. The van der Waals surface area contributed by atoms with Gasteiger partial charge in [-0.25, -0.2) is 4.79 Å². The fourth-order valence-electron chi connectivity index (χ4n) is 3.17. The molecule has 5 heteroatoms. The van der Waals surface area contributed by atoms with Gasteiger partial charge in [0, 0.05) is 22.3 Å². The summed E-state index contributed by atoms with van der Waals surface area (Å²) in [5.74, 6) is -1.86. The number of fused-ring (bicyclic) bond motifs is 3. The summed E-state index contributed by atoms with van der Waals surface area (Å²) < 4.78 is 0. The van der Waals surface area contributed by atoms with Crippen molar-refractivity contribution in [3.63, 3.8) is 0 Å². The van der Waals surface area contributed by atoms with Crippen molar-refractivity contribution < 1.29 is 19.5 Å². The topological polar surface area (TPSA) is 83.5 Å². The quantitative estimate of drug-likeness (QED) is 0.749. The largest absolute Gasteiger partial charge is 0.480 e. The Kier molecular flexibility index (Phi) is 4.40. The Bertz CT molecular complexity index is 872. The molecule has 25 heavy (non-hydrogen) atoms. The van der Waals surface area contributed by atoms with Crippen LogP contribution in [0.2, 0.25) is 0 Å². The Morgan fingerprint density at radius 1 is 1.04 bits per heavy atom. The van der Waals surface area contributed by atoms with E-state index in [2.05, 4.69) is 5.32 Å². The molecule has 0 spiro atoms. The summed E-state index contributed by atoms with van der Waals surface area (Å²) in [5.41, 5.74) is 2.65. The summed E-state index contributed by atoms with van der Waals surface area (Å²) in [4.78, 5) is 36.8. The van der Waals surface area contributed by atoms with E-state index in [1.54, 1.807) is 43.3 Å². The van der Waals surface area contributed by atoms with E-state index in [9.17, 15) is 19.5 Å². The molecule has 0 bridgehead atoms. The minimum atomic E-state index is -1.06. The standard InChI is InChI=1S/C20H19NO4/c1-3-11(2)17(20(24)25)21-19(23)15-10-6-9-14-16(15)12-7-4-5-8-13(12)18(14)22/h4-11,17H,3H2,1-2H3,(H,21,23)(H,24,25). The highest BCUT2D eigenvalue weighted by molar-refractivity contribution is 6.24. The van der Waals surface area contributed by atoms with Gasteiger partial charge in [-0.05, 0) is 17.5 Å². The second-order valence-corrected chi connectivity index (χ2v) is 6.28. The van der Waals surface area contributed by atoms with Crippen molar-refractivity contribution >= 4 is 17.7 Å². The van der Waals surface area contributed by atoms with Crippen LogP contribution in [0.4, 0.5) is 0 Å². The Balaban J connectivity index is 2.03. The molecule has 0 fully saturated rings. The van der Waals surface area contributed by atoms with Gasteiger partial charge in [0.05, 0.1) is 0 Å². The number of carboxylic acid groups (broad SMARTS) is 1. The highest BCUT2D eigenvalue weighted by Crippen LogP contribution is 2.38. The molecule has 3 rings (SSSR count). The lowest BCUT2D eigenvalue weighted by molar-refractivity contribution is -0.140. The molecule has 2 atom stereocenters. The molecule has 0 aliphatic heterocycles. The van der Waals surface area contributed by atoms with Crippen molar-refractivity contribution in [3.05, 3.63) is 59.2 Å². The Morgan fingerprint density at radius 3 is 2.32 bits per heavy atom. The first-order chi connectivity index (χ1) is 12.0. The van der Waals surface area contributed by atoms with Gasteiger partial charge in [0.2, 0.25) is 0 Å². The molecule has 128 valence electrons. The summed E-state index contributed by atoms with van der Waals surface area (Å²) in [6, 6.07) is 11.1. The van der Waals surface area contributed by atoms with Crippen LogP contribution in [0.15, 0.2) is 42.5 Å². The molecular weight excluding hydrogens is 318 g/mol. The van der Waals surface area contributed by atoms with E-state index in [-0.39, 0.29) is 11.7 Å². The summed E-state index contributed by atoms with van der Waals surface area (Å²) in [6.45, 7) is 3.66. The van der Waals surface area contributed by atoms with E-state index >= 15 is 0 Å². The average Bonchev–Trinajstić information content (AvgIpc) is 2.92. The number of carbonyl (C=O) groups is 3. The maximum absolute atomic E-state index is 12.8. The van der Waals surface area contributed by atoms with Crippen molar-refractivity contribution in [2.75, 3.05) is 0 Å². The Labute approximate surface area is 145 Å². The molecule has 1 amide bonds. The lowest BCUT2D eigenvalue weighted by atomic mass is 9.96. The number of carbonyl (C=O) groups excluding carboxylic acids is 2. The van der Waals surface area contributed by atoms with Crippen LogP contribution in [-0.4, -0.2) is 28.8 Å². The van der Waals surface area contributed by atoms with Gasteiger partial charge in [-0.15, -0.1) is 0 Å². The second-order valence-electron chi connectivity index (χ2n) is 6.28. The Hall–Kier alpha value is -2.95. The minimum absolute atomic E-state index is 0.114. The van der Waals surface area contributed by atoms with Crippen LogP contribution in [0.5, 0.6) is 0 Å². The summed E-state index contributed by atoms with van der Waals surface area (Å²) in [5, 5.41) is 12.0. The van der Waals surface area contributed by atoms with Crippen LogP contribution in [0.1, 0.15) is 46.5 Å². The van der Waals surface area contributed by atoms with Crippen molar-refractivity contribution in [2.24, 2.45) is 5.92 Å². The smallest absolute Gasteiger partial charge is 0.326 e. The number of hydrogen-bond acceptors (Lipinski definition) is 3. The number of benzene rings is 2. The Morgan fingerprint density at radius 2 is 1.68 bits per heavy atom. The molecule has 0 aromatic heterocycles. The number of hydrogen-bond donors (Lipinski definition) is 2. The molecule has 0 saturated heterocycles. The van der Waals surface area contributed by atoms with Gasteiger partial charge < -0.3 is 10.4 Å². The minimum Gasteiger partial charge on any atom is -0.480 e. The highest BCUT2D eigenvalue weighted by Gasteiger charge is 2.32. The monoisotopic (exact) mass is 337 g/mol. The maximum atomic E-state index is 12.8. The first-order valence-electron chi connectivity index (χ1n) is 8.26. The number of carboxylic acids is 1. The first-order valence-corrected chi connectivity index (χ1v) is 8.26. The van der Waals surface area contributed by atoms with Crippen molar-refractivity contribution in [3.8, 4) is 11.1 Å². The SMILES string of the molecule is CCC(C)C(NC(=O)c1cccc2c1-c1ccccc1C2=O)C(=O)O. The third-order valence-corrected chi connectivity index (χ3v) is 4.76. The molecule has 2 unspecified atom stereocenters. The molecule has 1 aliphatic carbocycles. The molecule has 2 aromatic carbocycles. The van der Waals surface area contributed by atoms with E-state index in [0.29, 0.717) is 34.2 Å². The molecule has 0 radical (unpaired) electrons. The summed E-state index contributed by atoms with van der Waals surface area (Å²) in [7, 11) is 0. The van der Waals surface area contributed by atoms with Crippen molar-refractivity contribution in [1.29, 1.82) is 0 Å². The summed E-state index contributed by atoms with van der Waals surface area (Å²) >= 11 is 0. The predicted molar refractivity (Wildman–Crippen MR) is 93.7 cm³/mol. The van der Waals surface area contributed by atoms with E-state index in [1.807, 2.05) is 13.0 Å². The van der Waals surface area contributed by atoms with E-state index in [0.717, 1.165) is 0 Å². The lowest BCUT2D eigenvalue weighted by Gasteiger charge is -2.21.